The van der Waals surface area contributed by atoms with E-state index >= 15 is 0 Å². The molecule has 0 fully saturated rings. The van der Waals surface area contributed by atoms with Crippen molar-refractivity contribution in [2.75, 3.05) is 0 Å². The van der Waals surface area contributed by atoms with Gasteiger partial charge in [-0.05, 0) is 19.9 Å². The lowest BCUT2D eigenvalue weighted by atomic mass is 9.98. The lowest BCUT2D eigenvalue weighted by Gasteiger charge is -2.22. The van der Waals surface area contributed by atoms with E-state index in [-0.39, 0.29) is 5.56 Å². The lowest BCUT2D eigenvalue weighted by Crippen LogP contribution is -2.26. The predicted molar refractivity (Wildman–Crippen MR) is 44.7 cm³/mol. The Balaban J connectivity index is 3.16. The van der Waals surface area contributed by atoms with Crippen LogP contribution < -0.4 is 5.90 Å². The molecule has 4 heteroatoms. The Labute approximate surface area is 75.3 Å². The third-order valence-electron chi connectivity index (χ3n) is 1.87. The van der Waals surface area contributed by atoms with Gasteiger partial charge in [-0.1, -0.05) is 6.07 Å². The van der Waals surface area contributed by atoms with Gasteiger partial charge in [-0.25, -0.2) is 14.7 Å². The first-order valence-corrected chi connectivity index (χ1v) is 3.81. The summed E-state index contributed by atoms with van der Waals surface area (Å²) in [5.74, 6) is 3.71. The maximum atomic E-state index is 13.2. The quantitative estimate of drug-likeness (QED) is 0.719. The van der Waals surface area contributed by atoms with Gasteiger partial charge in [0, 0.05) is 11.6 Å². The summed E-state index contributed by atoms with van der Waals surface area (Å²) < 4.78 is 25.7. The second-order valence-electron chi connectivity index (χ2n) is 3.25. The zero-order valence-electron chi connectivity index (χ0n) is 7.47. The minimum Gasteiger partial charge on any atom is -0.294 e. The zero-order chi connectivity index (χ0) is 10.1. The fourth-order valence-corrected chi connectivity index (χ4v) is 1.04. The molecule has 0 radical (unpaired) electrons. The highest BCUT2D eigenvalue weighted by molar-refractivity contribution is 5.23. The van der Waals surface area contributed by atoms with Crippen molar-refractivity contribution < 1.29 is 13.6 Å². The van der Waals surface area contributed by atoms with Gasteiger partial charge in [-0.3, -0.25) is 4.84 Å². The number of nitrogens with two attached hydrogens (primary N) is 1. The van der Waals surface area contributed by atoms with Crippen LogP contribution in [0.4, 0.5) is 8.78 Å². The summed E-state index contributed by atoms with van der Waals surface area (Å²) in [4.78, 5) is 4.58. The van der Waals surface area contributed by atoms with Gasteiger partial charge >= 0.3 is 0 Å². The number of hydrogen-bond acceptors (Lipinski definition) is 2. The third-order valence-corrected chi connectivity index (χ3v) is 1.87. The maximum absolute atomic E-state index is 13.2. The minimum atomic E-state index is -0.947. The predicted octanol–water partition coefficient (Wildman–Crippen LogP) is 2.09. The summed E-state index contributed by atoms with van der Waals surface area (Å²) >= 11 is 0. The van der Waals surface area contributed by atoms with Crippen molar-refractivity contribution in [3.8, 4) is 0 Å². The van der Waals surface area contributed by atoms with Crippen LogP contribution in [0.1, 0.15) is 19.4 Å². The lowest BCUT2D eigenvalue weighted by molar-refractivity contribution is -0.0261. The number of benzene rings is 1. The van der Waals surface area contributed by atoms with E-state index in [4.69, 9.17) is 5.90 Å². The van der Waals surface area contributed by atoms with Crippen molar-refractivity contribution in [2.24, 2.45) is 5.90 Å². The van der Waals surface area contributed by atoms with Crippen LogP contribution in [0.2, 0.25) is 0 Å². The van der Waals surface area contributed by atoms with Crippen molar-refractivity contribution in [1.82, 2.24) is 0 Å². The van der Waals surface area contributed by atoms with Gasteiger partial charge in [0.15, 0.2) is 0 Å². The molecule has 0 unspecified atom stereocenters. The molecule has 13 heavy (non-hydrogen) atoms. The van der Waals surface area contributed by atoms with E-state index in [0.717, 1.165) is 6.07 Å². The molecule has 2 N–H and O–H groups in total. The van der Waals surface area contributed by atoms with Crippen LogP contribution in [0.15, 0.2) is 18.2 Å². The molecule has 72 valence electrons. The van der Waals surface area contributed by atoms with Crippen LogP contribution >= 0.6 is 0 Å². The average Bonchev–Trinajstić information content (AvgIpc) is 2.03. The Morgan fingerprint density at radius 1 is 1.31 bits per heavy atom. The van der Waals surface area contributed by atoms with Crippen molar-refractivity contribution in [1.29, 1.82) is 0 Å². The topological polar surface area (TPSA) is 35.2 Å². The van der Waals surface area contributed by atoms with E-state index in [2.05, 4.69) is 4.84 Å². The standard InChI is InChI=1S/C9H11F2NO/c1-9(2,13-12)7-4-3-6(10)5-8(7)11/h3-5H,12H2,1-2H3. The first-order valence-electron chi connectivity index (χ1n) is 3.81. The van der Waals surface area contributed by atoms with E-state index in [9.17, 15) is 8.78 Å². The van der Waals surface area contributed by atoms with Gasteiger partial charge in [-0.15, -0.1) is 0 Å². The molecular formula is C9H11F2NO. The molecule has 0 aliphatic rings. The highest BCUT2D eigenvalue weighted by Crippen LogP contribution is 2.25. The first-order chi connectivity index (χ1) is 5.97. The molecule has 2 nitrogen and oxygen atoms in total. The summed E-state index contributed by atoms with van der Waals surface area (Å²) in [6.45, 7) is 3.20. The minimum absolute atomic E-state index is 0.233. The van der Waals surface area contributed by atoms with Gasteiger partial charge in [0.1, 0.15) is 17.2 Å². The molecular weight excluding hydrogens is 176 g/mol. The monoisotopic (exact) mass is 187 g/mol. The van der Waals surface area contributed by atoms with E-state index < -0.39 is 17.2 Å². The molecule has 0 heterocycles. The second-order valence-corrected chi connectivity index (χ2v) is 3.25. The summed E-state index contributed by atoms with van der Waals surface area (Å²) in [5.41, 5.74) is -0.714. The molecule has 0 amide bonds. The zero-order valence-corrected chi connectivity index (χ0v) is 7.47. The molecule has 0 aliphatic heterocycles. The first kappa shape index (κ1) is 10.1. The van der Waals surface area contributed by atoms with Gasteiger partial charge in [-0.2, -0.15) is 0 Å². The molecule has 0 aliphatic carbocycles. The van der Waals surface area contributed by atoms with Gasteiger partial charge in [0.25, 0.3) is 0 Å². The SMILES string of the molecule is CC(C)(ON)c1ccc(F)cc1F. The molecule has 0 spiro atoms. The molecule has 1 aromatic rings. The van der Waals surface area contributed by atoms with Crippen molar-refractivity contribution >= 4 is 0 Å². The van der Waals surface area contributed by atoms with Crippen molar-refractivity contribution in [2.45, 2.75) is 19.4 Å². The molecule has 0 atom stereocenters. The Kier molecular flexibility index (Phi) is 2.63. The molecule has 1 aromatic carbocycles. The second kappa shape index (κ2) is 3.40. The molecule has 0 saturated heterocycles. The highest BCUT2D eigenvalue weighted by atomic mass is 19.1. The van der Waals surface area contributed by atoms with Crippen LogP contribution in [0, 0.1) is 11.6 Å². The fourth-order valence-electron chi connectivity index (χ4n) is 1.04. The summed E-state index contributed by atoms with van der Waals surface area (Å²) in [6.07, 6.45) is 0. The summed E-state index contributed by atoms with van der Waals surface area (Å²) in [7, 11) is 0. The summed E-state index contributed by atoms with van der Waals surface area (Å²) in [5, 5.41) is 0. The number of hydrogen-bond donors (Lipinski definition) is 1. The van der Waals surface area contributed by atoms with E-state index in [1.54, 1.807) is 13.8 Å². The van der Waals surface area contributed by atoms with Gasteiger partial charge < -0.3 is 0 Å². The van der Waals surface area contributed by atoms with Gasteiger partial charge in [0.05, 0.1) is 0 Å². The average molecular weight is 187 g/mol. The Morgan fingerprint density at radius 2 is 1.92 bits per heavy atom. The number of rotatable bonds is 2. The largest absolute Gasteiger partial charge is 0.294 e. The van der Waals surface area contributed by atoms with Gasteiger partial charge in [0.2, 0.25) is 0 Å². The molecule has 0 aromatic heterocycles. The highest BCUT2D eigenvalue weighted by Gasteiger charge is 2.24. The molecule has 0 bridgehead atoms. The Hall–Kier alpha value is -1.00. The molecule has 1 rings (SSSR count). The third kappa shape index (κ3) is 2.02. The van der Waals surface area contributed by atoms with E-state index in [0.29, 0.717) is 0 Å². The van der Waals surface area contributed by atoms with Crippen LogP contribution in [-0.2, 0) is 10.4 Å². The summed E-state index contributed by atoms with van der Waals surface area (Å²) in [6, 6.07) is 3.28. The molecule has 0 saturated carbocycles. The Bertz CT molecular complexity index is 312. The number of halogens is 2. The van der Waals surface area contributed by atoms with Crippen molar-refractivity contribution in [3.63, 3.8) is 0 Å². The van der Waals surface area contributed by atoms with E-state index in [1.807, 2.05) is 0 Å². The smallest absolute Gasteiger partial charge is 0.132 e. The Morgan fingerprint density at radius 3 is 2.38 bits per heavy atom. The fraction of sp³-hybridized carbons (Fsp3) is 0.333. The van der Waals surface area contributed by atoms with Crippen LogP contribution in [-0.4, -0.2) is 0 Å². The maximum Gasteiger partial charge on any atom is 0.132 e. The van der Waals surface area contributed by atoms with Crippen molar-refractivity contribution in [3.05, 3.63) is 35.4 Å². The van der Waals surface area contributed by atoms with Crippen LogP contribution in [0.3, 0.4) is 0 Å². The van der Waals surface area contributed by atoms with Crippen LogP contribution in [0.5, 0.6) is 0 Å². The van der Waals surface area contributed by atoms with Crippen LogP contribution in [0.25, 0.3) is 0 Å². The normalized spacial score (nSPS) is 11.8. The van der Waals surface area contributed by atoms with E-state index in [1.165, 1.54) is 12.1 Å².